The average molecular weight is 260 g/mol. The first-order chi connectivity index (χ1) is 9.90. The number of hydrogen-bond donors (Lipinski definition) is 1. The van der Waals surface area contributed by atoms with E-state index in [2.05, 4.69) is 30.3 Å². The first-order valence-corrected chi connectivity index (χ1v) is 6.74. The van der Waals surface area contributed by atoms with Gasteiger partial charge in [0.05, 0.1) is 6.61 Å². The number of benzene rings is 3. The second-order valence-corrected chi connectivity index (χ2v) is 4.73. The van der Waals surface area contributed by atoms with Crippen LogP contribution in [0.2, 0.25) is 0 Å². The third kappa shape index (κ3) is 2.36. The lowest BCUT2D eigenvalue weighted by atomic mass is 9.91. The molecule has 20 heavy (non-hydrogen) atoms. The van der Waals surface area contributed by atoms with Gasteiger partial charge in [-0.2, -0.15) is 0 Å². The van der Waals surface area contributed by atoms with Gasteiger partial charge in [0, 0.05) is 0 Å². The molecule has 3 aromatic carbocycles. The van der Waals surface area contributed by atoms with Crippen LogP contribution in [0, 0.1) is 0 Å². The van der Waals surface area contributed by atoms with Crippen molar-refractivity contribution in [2.75, 3.05) is 0 Å². The van der Waals surface area contributed by atoms with E-state index in [0.717, 1.165) is 22.3 Å². The molecular formula is C19H16O. The normalized spacial score (nSPS) is 10.4. The van der Waals surface area contributed by atoms with E-state index >= 15 is 0 Å². The maximum atomic E-state index is 9.65. The van der Waals surface area contributed by atoms with Gasteiger partial charge in [0.2, 0.25) is 0 Å². The molecule has 1 nitrogen and oxygen atoms in total. The lowest BCUT2D eigenvalue weighted by Crippen LogP contribution is -1.93. The third-order valence-electron chi connectivity index (χ3n) is 3.47. The summed E-state index contributed by atoms with van der Waals surface area (Å²) < 4.78 is 0. The van der Waals surface area contributed by atoms with Crippen molar-refractivity contribution in [3.05, 3.63) is 84.4 Å². The summed E-state index contributed by atoms with van der Waals surface area (Å²) in [7, 11) is 0. The first-order valence-electron chi connectivity index (χ1n) is 6.74. The summed E-state index contributed by atoms with van der Waals surface area (Å²) in [5, 5.41) is 9.65. The molecule has 0 spiro atoms. The highest BCUT2D eigenvalue weighted by molar-refractivity contribution is 5.85. The van der Waals surface area contributed by atoms with E-state index in [1.807, 2.05) is 48.5 Å². The molecule has 0 amide bonds. The fourth-order valence-corrected chi connectivity index (χ4v) is 2.54. The van der Waals surface area contributed by atoms with Gasteiger partial charge < -0.3 is 5.11 Å². The Hall–Kier alpha value is -2.38. The van der Waals surface area contributed by atoms with E-state index in [4.69, 9.17) is 0 Å². The fraction of sp³-hybridized carbons (Fsp3) is 0.0526. The maximum absolute atomic E-state index is 9.65. The molecule has 0 aliphatic carbocycles. The molecule has 0 bridgehead atoms. The van der Waals surface area contributed by atoms with E-state index in [1.54, 1.807) is 0 Å². The zero-order chi connectivity index (χ0) is 13.8. The number of rotatable bonds is 3. The fourth-order valence-electron chi connectivity index (χ4n) is 2.54. The number of aliphatic hydroxyl groups excluding tert-OH is 1. The maximum Gasteiger partial charge on any atom is 0.0688 e. The molecule has 0 heterocycles. The van der Waals surface area contributed by atoms with Crippen molar-refractivity contribution in [3.8, 4) is 22.3 Å². The van der Waals surface area contributed by atoms with E-state index in [-0.39, 0.29) is 6.61 Å². The number of hydrogen-bond acceptors (Lipinski definition) is 1. The average Bonchev–Trinajstić information content (AvgIpc) is 2.55. The van der Waals surface area contributed by atoms with Gasteiger partial charge in [-0.05, 0) is 27.8 Å². The molecule has 1 N–H and O–H groups in total. The highest BCUT2D eigenvalue weighted by Gasteiger charge is 2.11. The zero-order valence-corrected chi connectivity index (χ0v) is 11.2. The van der Waals surface area contributed by atoms with Crippen LogP contribution >= 0.6 is 0 Å². The van der Waals surface area contributed by atoms with Crippen LogP contribution in [0.1, 0.15) is 5.56 Å². The van der Waals surface area contributed by atoms with Gasteiger partial charge in [-0.15, -0.1) is 0 Å². The van der Waals surface area contributed by atoms with Crippen LogP contribution in [0.5, 0.6) is 0 Å². The quantitative estimate of drug-likeness (QED) is 0.734. The largest absolute Gasteiger partial charge is 0.392 e. The molecule has 0 atom stereocenters. The van der Waals surface area contributed by atoms with Gasteiger partial charge >= 0.3 is 0 Å². The molecular weight excluding hydrogens is 244 g/mol. The van der Waals surface area contributed by atoms with Crippen molar-refractivity contribution in [2.24, 2.45) is 0 Å². The minimum Gasteiger partial charge on any atom is -0.392 e. The summed E-state index contributed by atoms with van der Waals surface area (Å²) in [5.41, 5.74) is 5.53. The Morgan fingerprint density at radius 2 is 1.20 bits per heavy atom. The van der Waals surface area contributed by atoms with Crippen molar-refractivity contribution in [1.82, 2.24) is 0 Å². The standard InChI is InChI=1S/C19H16O/c20-14-17-12-7-13-18(15-8-3-1-4-9-15)19(17)16-10-5-2-6-11-16/h1-13,20H,14H2. The van der Waals surface area contributed by atoms with Crippen molar-refractivity contribution in [1.29, 1.82) is 0 Å². The van der Waals surface area contributed by atoms with Gasteiger partial charge in [-0.1, -0.05) is 78.9 Å². The molecule has 98 valence electrons. The summed E-state index contributed by atoms with van der Waals surface area (Å²) in [6, 6.07) is 26.6. The van der Waals surface area contributed by atoms with Crippen molar-refractivity contribution < 1.29 is 5.11 Å². The zero-order valence-electron chi connectivity index (χ0n) is 11.2. The lowest BCUT2D eigenvalue weighted by Gasteiger charge is -2.14. The monoisotopic (exact) mass is 260 g/mol. The summed E-state index contributed by atoms with van der Waals surface area (Å²) in [5.74, 6) is 0. The van der Waals surface area contributed by atoms with E-state index in [1.165, 1.54) is 5.56 Å². The Balaban J connectivity index is 2.26. The topological polar surface area (TPSA) is 20.2 Å². The first kappa shape index (κ1) is 12.6. The molecule has 3 aromatic rings. The number of aliphatic hydroxyl groups is 1. The minimum atomic E-state index is 0.0465. The Morgan fingerprint density at radius 1 is 0.600 bits per heavy atom. The molecule has 0 unspecified atom stereocenters. The Labute approximate surface area is 119 Å². The molecule has 1 heteroatoms. The summed E-state index contributed by atoms with van der Waals surface area (Å²) >= 11 is 0. The van der Waals surface area contributed by atoms with Crippen LogP contribution < -0.4 is 0 Å². The molecule has 0 radical (unpaired) electrons. The SMILES string of the molecule is OCc1cccc(-c2ccccc2)c1-c1ccccc1. The predicted molar refractivity (Wildman–Crippen MR) is 83.2 cm³/mol. The van der Waals surface area contributed by atoms with Gasteiger partial charge in [-0.3, -0.25) is 0 Å². The van der Waals surface area contributed by atoms with Gasteiger partial charge in [0.15, 0.2) is 0 Å². The van der Waals surface area contributed by atoms with E-state index in [0.29, 0.717) is 0 Å². The highest BCUT2D eigenvalue weighted by Crippen LogP contribution is 2.34. The molecule has 0 saturated heterocycles. The Morgan fingerprint density at radius 3 is 1.80 bits per heavy atom. The van der Waals surface area contributed by atoms with Crippen LogP contribution in [-0.4, -0.2) is 5.11 Å². The van der Waals surface area contributed by atoms with Crippen molar-refractivity contribution in [2.45, 2.75) is 6.61 Å². The smallest absolute Gasteiger partial charge is 0.0688 e. The molecule has 3 rings (SSSR count). The van der Waals surface area contributed by atoms with Crippen molar-refractivity contribution in [3.63, 3.8) is 0 Å². The van der Waals surface area contributed by atoms with Crippen LogP contribution in [-0.2, 0) is 6.61 Å². The summed E-state index contributed by atoms with van der Waals surface area (Å²) in [4.78, 5) is 0. The second kappa shape index (κ2) is 5.72. The predicted octanol–water partition coefficient (Wildman–Crippen LogP) is 4.51. The van der Waals surface area contributed by atoms with E-state index in [9.17, 15) is 5.11 Å². The van der Waals surface area contributed by atoms with Crippen molar-refractivity contribution >= 4 is 0 Å². The van der Waals surface area contributed by atoms with E-state index < -0.39 is 0 Å². The molecule has 0 aliphatic heterocycles. The highest BCUT2D eigenvalue weighted by atomic mass is 16.3. The van der Waals surface area contributed by atoms with Crippen LogP contribution in [0.3, 0.4) is 0 Å². The van der Waals surface area contributed by atoms with Gasteiger partial charge in [-0.25, -0.2) is 0 Å². The third-order valence-corrected chi connectivity index (χ3v) is 3.47. The van der Waals surface area contributed by atoms with Gasteiger partial charge in [0.25, 0.3) is 0 Å². The van der Waals surface area contributed by atoms with Gasteiger partial charge in [0.1, 0.15) is 0 Å². The molecule has 0 aromatic heterocycles. The summed E-state index contributed by atoms with van der Waals surface area (Å²) in [6.45, 7) is 0.0465. The summed E-state index contributed by atoms with van der Waals surface area (Å²) in [6.07, 6.45) is 0. The minimum absolute atomic E-state index is 0.0465. The lowest BCUT2D eigenvalue weighted by molar-refractivity contribution is 0.282. The van der Waals surface area contributed by atoms with Crippen LogP contribution in [0.15, 0.2) is 78.9 Å². The Bertz CT molecular complexity index is 687. The Kier molecular flexibility index (Phi) is 3.62. The van der Waals surface area contributed by atoms with Crippen LogP contribution in [0.4, 0.5) is 0 Å². The molecule has 0 saturated carbocycles. The molecule has 0 fully saturated rings. The second-order valence-electron chi connectivity index (χ2n) is 4.73. The molecule has 0 aliphatic rings. The van der Waals surface area contributed by atoms with Crippen LogP contribution in [0.25, 0.3) is 22.3 Å².